The van der Waals surface area contributed by atoms with Crippen molar-refractivity contribution in [3.05, 3.63) is 52.0 Å². The summed E-state index contributed by atoms with van der Waals surface area (Å²) in [5.74, 6) is 0. The second-order valence-corrected chi connectivity index (χ2v) is 8.07. The zero-order valence-corrected chi connectivity index (χ0v) is 15.3. The number of hydrogen-bond acceptors (Lipinski definition) is 4. The number of ether oxygens (including phenoxy) is 1. The Hall–Kier alpha value is -1.50. The van der Waals surface area contributed by atoms with Crippen molar-refractivity contribution in [3.8, 4) is 0 Å². The lowest BCUT2D eigenvalue weighted by Gasteiger charge is -2.28. The van der Waals surface area contributed by atoms with E-state index in [9.17, 15) is 0 Å². The normalized spacial score (nSPS) is 26.8. The first-order valence-corrected chi connectivity index (χ1v) is 9.61. The Bertz CT molecular complexity index is 712. The minimum absolute atomic E-state index is 0.0816. The van der Waals surface area contributed by atoms with E-state index in [1.165, 1.54) is 9.75 Å². The van der Waals surface area contributed by atoms with E-state index in [1.807, 2.05) is 29.7 Å². The number of hydrogen-bond donors (Lipinski definition) is 1. The van der Waals surface area contributed by atoms with Crippen molar-refractivity contribution in [1.29, 1.82) is 0 Å². The lowest BCUT2D eigenvalue weighted by Crippen LogP contribution is -2.36. The second-order valence-electron chi connectivity index (χ2n) is 6.36. The molecule has 2 aromatic heterocycles. The van der Waals surface area contributed by atoms with Crippen LogP contribution in [-0.4, -0.2) is 34.3 Å². The smallest absolute Gasteiger partial charge is 0.170 e. The quantitative estimate of drug-likeness (QED) is 0.844. The molecule has 0 saturated carbocycles. The molecule has 0 radical (unpaired) electrons. The fraction of sp³-hybridized carbons (Fsp3) is 0.444. The molecule has 0 amide bonds. The van der Waals surface area contributed by atoms with Gasteiger partial charge in [0.2, 0.25) is 0 Å². The highest BCUT2D eigenvalue weighted by molar-refractivity contribution is 7.80. The van der Waals surface area contributed by atoms with E-state index in [2.05, 4.69) is 40.3 Å². The number of nitrogens with zero attached hydrogens (tertiary/aromatic N) is 2. The van der Waals surface area contributed by atoms with Crippen LogP contribution in [0.1, 0.15) is 40.4 Å². The lowest BCUT2D eigenvalue weighted by atomic mass is 10.0. The van der Waals surface area contributed by atoms with Crippen molar-refractivity contribution >= 4 is 28.7 Å². The molecule has 126 valence electrons. The Morgan fingerprint density at radius 3 is 2.96 bits per heavy atom. The number of thiophene rings is 1. The summed E-state index contributed by atoms with van der Waals surface area (Å²) in [6.45, 7) is 3.86. The highest BCUT2D eigenvalue weighted by atomic mass is 32.1. The molecule has 2 aromatic rings. The van der Waals surface area contributed by atoms with Crippen molar-refractivity contribution in [1.82, 2.24) is 15.2 Å². The molecule has 4 rings (SSSR count). The maximum atomic E-state index is 5.85. The standard InChI is InChI=1S/C18H21N3OS2/c1-12-7-8-15(24-12)17-16(14-6-2-3-9-19-14)20-18(23)21(17)11-13-5-4-10-22-13/h2-3,6-9,13,16-17H,4-5,10-11H2,1H3,(H,20,23). The monoisotopic (exact) mass is 359 g/mol. The second kappa shape index (κ2) is 6.78. The van der Waals surface area contributed by atoms with Gasteiger partial charge in [0.15, 0.2) is 5.11 Å². The van der Waals surface area contributed by atoms with Crippen LogP contribution in [0, 0.1) is 6.92 Å². The van der Waals surface area contributed by atoms with Gasteiger partial charge >= 0.3 is 0 Å². The molecule has 3 atom stereocenters. The molecule has 0 spiro atoms. The Morgan fingerprint density at radius 1 is 1.38 bits per heavy atom. The fourth-order valence-electron chi connectivity index (χ4n) is 3.53. The van der Waals surface area contributed by atoms with Crippen molar-refractivity contribution in [2.75, 3.05) is 13.2 Å². The molecule has 24 heavy (non-hydrogen) atoms. The molecule has 4 heterocycles. The summed E-state index contributed by atoms with van der Waals surface area (Å²) in [7, 11) is 0. The van der Waals surface area contributed by atoms with Gasteiger partial charge in [-0.1, -0.05) is 6.07 Å². The van der Waals surface area contributed by atoms with Crippen LogP contribution in [0.5, 0.6) is 0 Å². The molecule has 4 nitrogen and oxygen atoms in total. The van der Waals surface area contributed by atoms with E-state index in [0.29, 0.717) is 0 Å². The molecular formula is C18H21N3OS2. The summed E-state index contributed by atoms with van der Waals surface area (Å²) < 4.78 is 5.85. The molecule has 2 saturated heterocycles. The lowest BCUT2D eigenvalue weighted by molar-refractivity contribution is 0.0846. The van der Waals surface area contributed by atoms with E-state index in [1.54, 1.807) is 0 Å². The predicted octanol–water partition coefficient (Wildman–Crippen LogP) is 3.60. The largest absolute Gasteiger partial charge is 0.376 e. The van der Waals surface area contributed by atoms with Gasteiger partial charge in [0.05, 0.1) is 23.9 Å². The zero-order chi connectivity index (χ0) is 16.5. The fourth-order valence-corrected chi connectivity index (χ4v) is 4.87. The SMILES string of the molecule is Cc1ccc(C2C(c3ccccn3)NC(=S)N2CC2CCCO2)s1. The third-order valence-corrected chi connectivity index (χ3v) is 6.10. The number of nitrogens with one attached hydrogen (secondary N) is 1. The van der Waals surface area contributed by atoms with Crippen LogP contribution >= 0.6 is 23.6 Å². The maximum absolute atomic E-state index is 5.85. The first-order valence-electron chi connectivity index (χ1n) is 8.38. The van der Waals surface area contributed by atoms with Crippen LogP contribution in [0.4, 0.5) is 0 Å². The van der Waals surface area contributed by atoms with Crippen molar-refractivity contribution in [3.63, 3.8) is 0 Å². The number of pyridine rings is 1. The Morgan fingerprint density at radius 2 is 2.29 bits per heavy atom. The summed E-state index contributed by atoms with van der Waals surface area (Å²) >= 11 is 7.51. The van der Waals surface area contributed by atoms with Crippen LogP contribution in [0.2, 0.25) is 0 Å². The van der Waals surface area contributed by atoms with Crippen LogP contribution in [0.15, 0.2) is 36.5 Å². The van der Waals surface area contributed by atoms with E-state index < -0.39 is 0 Å². The van der Waals surface area contributed by atoms with Gasteiger partial charge in [-0.15, -0.1) is 11.3 Å². The van der Waals surface area contributed by atoms with Gasteiger partial charge in [-0.25, -0.2) is 0 Å². The van der Waals surface area contributed by atoms with Gasteiger partial charge in [-0.2, -0.15) is 0 Å². The summed E-state index contributed by atoms with van der Waals surface area (Å²) in [4.78, 5) is 9.52. The third-order valence-electron chi connectivity index (χ3n) is 4.67. The summed E-state index contributed by atoms with van der Waals surface area (Å²) in [6, 6.07) is 10.7. The maximum Gasteiger partial charge on any atom is 0.170 e. The van der Waals surface area contributed by atoms with Crippen LogP contribution in [0.3, 0.4) is 0 Å². The van der Waals surface area contributed by atoms with E-state index in [4.69, 9.17) is 17.0 Å². The molecule has 6 heteroatoms. The summed E-state index contributed by atoms with van der Waals surface area (Å²) in [5.41, 5.74) is 1.03. The highest BCUT2D eigenvalue weighted by Crippen LogP contribution is 2.41. The first kappa shape index (κ1) is 16.0. The molecule has 3 unspecified atom stereocenters. The molecule has 0 bridgehead atoms. The van der Waals surface area contributed by atoms with Crippen molar-refractivity contribution in [2.45, 2.75) is 38.0 Å². The number of thiocarbonyl (C=S) groups is 1. The first-order chi connectivity index (χ1) is 11.7. The summed E-state index contributed by atoms with van der Waals surface area (Å²) in [5, 5.41) is 4.30. The molecule has 0 aliphatic carbocycles. The van der Waals surface area contributed by atoms with Gasteiger partial charge < -0.3 is 15.0 Å². The average molecular weight is 360 g/mol. The van der Waals surface area contributed by atoms with Gasteiger partial charge in [-0.05, 0) is 56.2 Å². The number of aromatic nitrogens is 1. The predicted molar refractivity (Wildman–Crippen MR) is 100 cm³/mol. The van der Waals surface area contributed by atoms with Crippen LogP contribution in [0.25, 0.3) is 0 Å². The van der Waals surface area contributed by atoms with Gasteiger partial charge in [0.1, 0.15) is 0 Å². The minimum atomic E-state index is 0.0816. The molecule has 2 fully saturated rings. The molecule has 2 aliphatic rings. The van der Waals surface area contributed by atoms with Crippen molar-refractivity contribution in [2.24, 2.45) is 0 Å². The van der Waals surface area contributed by atoms with Crippen LogP contribution in [-0.2, 0) is 4.74 Å². The molecular weight excluding hydrogens is 338 g/mol. The van der Waals surface area contributed by atoms with Crippen molar-refractivity contribution < 1.29 is 4.74 Å². The molecule has 0 aromatic carbocycles. The van der Waals surface area contributed by atoms with E-state index in [-0.39, 0.29) is 18.2 Å². The average Bonchev–Trinajstić information content (AvgIpc) is 3.31. The van der Waals surface area contributed by atoms with Gasteiger partial charge in [0, 0.05) is 29.1 Å². The number of rotatable bonds is 4. The topological polar surface area (TPSA) is 37.4 Å². The van der Waals surface area contributed by atoms with Gasteiger partial charge in [-0.3, -0.25) is 4.98 Å². The van der Waals surface area contributed by atoms with Gasteiger partial charge in [0.25, 0.3) is 0 Å². The van der Waals surface area contributed by atoms with Crippen LogP contribution < -0.4 is 5.32 Å². The Kier molecular flexibility index (Phi) is 4.52. The van der Waals surface area contributed by atoms with E-state index in [0.717, 1.165) is 36.8 Å². The number of aryl methyl sites for hydroxylation is 1. The zero-order valence-electron chi connectivity index (χ0n) is 13.6. The minimum Gasteiger partial charge on any atom is -0.376 e. The van der Waals surface area contributed by atoms with E-state index >= 15 is 0 Å². The Labute approximate surface area is 151 Å². The summed E-state index contributed by atoms with van der Waals surface area (Å²) in [6.07, 6.45) is 4.38. The third kappa shape index (κ3) is 3.06. The Balaban J connectivity index is 1.67. The molecule has 1 N–H and O–H groups in total. The molecule has 2 aliphatic heterocycles. The highest BCUT2D eigenvalue weighted by Gasteiger charge is 2.41.